The van der Waals surface area contributed by atoms with Crippen molar-refractivity contribution in [3.05, 3.63) is 40.9 Å². The van der Waals surface area contributed by atoms with Gasteiger partial charge in [0.1, 0.15) is 11.6 Å². The molecule has 0 spiro atoms. The summed E-state index contributed by atoms with van der Waals surface area (Å²) >= 11 is 0. The van der Waals surface area contributed by atoms with Crippen LogP contribution in [0.1, 0.15) is 53.1 Å². The summed E-state index contributed by atoms with van der Waals surface area (Å²) in [6.07, 6.45) is 6.94. The Labute approximate surface area is 148 Å². The molecule has 0 atom stereocenters. The number of nitrogens with zero attached hydrogens (tertiary/aromatic N) is 3. The lowest BCUT2D eigenvalue weighted by molar-refractivity contribution is 0.0725. The summed E-state index contributed by atoms with van der Waals surface area (Å²) in [6.45, 7) is 6.35. The smallest absolute Gasteiger partial charge is 0.257 e. The van der Waals surface area contributed by atoms with Crippen molar-refractivity contribution < 1.29 is 9.32 Å². The third-order valence-corrected chi connectivity index (χ3v) is 4.76. The molecule has 1 N–H and O–H groups in total. The topological polar surface area (TPSA) is 71.3 Å². The first-order valence-corrected chi connectivity index (χ1v) is 9.06. The van der Waals surface area contributed by atoms with Gasteiger partial charge in [-0.05, 0) is 58.1 Å². The van der Waals surface area contributed by atoms with Crippen molar-refractivity contribution in [2.45, 2.75) is 46.0 Å². The molecule has 6 heteroatoms. The van der Waals surface area contributed by atoms with E-state index in [0.717, 1.165) is 56.8 Å². The number of hydrogen-bond acceptors (Lipinski definition) is 5. The first-order valence-electron chi connectivity index (χ1n) is 9.06. The van der Waals surface area contributed by atoms with E-state index in [1.807, 2.05) is 30.9 Å². The molecule has 6 nitrogen and oxygen atoms in total. The summed E-state index contributed by atoms with van der Waals surface area (Å²) in [5, 5.41) is 7.31. The molecule has 1 aliphatic rings. The standard InChI is InChI=1S/C19H26N4O2/c1-14-16(15(2)25-22-14)8-6-10-20-18-17(9-7-11-21-18)19(24)23-12-4-3-5-13-23/h7,9,11H,3-6,8,10,12-13H2,1-2H3,(H,20,21). The van der Waals surface area contributed by atoms with E-state index in [0.29, 0.717) is 11.4 Å². The maximum atomic E-state index is 12.8. The van der Waals surface area contributed by atoms with Crippen LogP contribution in [0.3, 0.4) is 0 Å². The van der Waals surface area contributed by atoms with E-state index in [2.05, 4.69) is 15.5 Å². The highest BCUT2D eigenvalue weighted by molar-refractivity contribution is 5.98. The predicted octanol–water partition coefficient (Wildman–Crippen LogP) is 3.36. The molecule has 2 aromatic rings. The third kappa shape index (κ3) is 4.18. The van der Waals surface area contributed by atoms with Gasteiger partial charge in [-0.3, -0.25) is 4.79 Å². The fraction of sp³-hybridized carbons (Fsp3) is 0.526. The van der Waals surface area contributed by atoms with Crippen LogP contribution in [0, 0.1) is 13.8 Å². The Balaban J connectivity index is 1.58. The van der Waals surface area contributed by atoms with Gasteiger partial charge in [0, 0.05) is 31.4 Å². The largest absolute Gasteiger partial charge is 0.369 e. The number of anilines is 1. The van der Waals surface area contributed by atoms with E-state index in [9.17, 15) is 4.79 Å². The molecular formula is C19H26N4O2. The molecule has 0 saturated carbocycles. The molecule has 0 bridgehead atoms. The van der Waals surface area contributed by atoms with E-state index < -0.39 is 0 Å². The number of likely N-dealkylation sites (tertiary alicyclic amines) is 1. The second-order valence-corrected chi connectivity index (χ2v) is 6.59. The van der Waals surface area contributed by atoms with Crippen LogP contribution in [0.25, 0.3) is 0 Å². The van der Waals surface area contributed by atoms with Crippen molar-refractivity contribution in [1.82, 2.24) is 15.0 Å². The highest BCUT2D eigenvalue weighted by atomic mass is 16.5. The van der Waals surface area contributed by atoms with Crippen molar-refractivity contribution in [3.8, 4) is 0 Å². The van der Waals surface area contributed by atoms with Crippen LogP contribution in [0.15, 0.2) is 22.9 Å². The number of pyridine rings is 1. The summed E-state index contributed by atoms with van der Waals surface area (Å²) in [7, 11) is 0. The zero-order chi connectivity index (χ0) is 17.6. The van der Waals surface area contributed by atoms with Gasteiger partial charge in [-0.25, -0.2) is 4.98 Å². The fourth-order valence-electron chi connectivity index (χ4n) is 3.32. The Hall–Kier alpha value is -2.37. The van der Waals surface area contributed by atoms with Crippen LogP contribution >= 0.6 is 0 Å². The monoisotopic (exact) mass is 342 g/mol. The normalized spacial score (nSPS) is 14.6. The highest BCUT2D eigenvalue weighted by Crippen LogP contribution is 2.19. The quantitative estimate of drug-likeness (QED) is 0.815. The number of nitrogens with one attached hydrogen (secondary N) is 1. The van der Waals surface area contributed by atoms with Crippen molar-refractivity contribution in [2.24, 2.45) is 0 Å². The highest BCUT2D eigenvalue weighted by Gasteiger charge is 2.21. The average molecular weight is 342 g/mol. The van der Waals surface area contributed by atoms with Crippen LogP contribution in [0.4, 0.5) is 5.82 Å². The molecule has 0 radical (unpaired) electrons. The molecule has 0 aliphatic carbocycles. The molecular weight excluding hydrogens is 316 g/mol. The van der Waals surface area contributed by atoms with Gasteiger partial charge < -0.3 is 14.7 Å². The van der Waals surface area contributed by atoms with Crippen LogP contribution < -0.4 is 5.32 Å². The van der Waals surface area contributed by atoms with Gasteiger partial charge in [-0.2, -0.15) is 0 Å². The molecule has 3 rings (SSSR count). The molecule has 25 heavy (non-hydrogen) atoms. The van der Waals surface area contributed by atoms with E-state index >= 15 is 0 Å². The minimum atomic E-state index is 0.0843. The van der Waals surface area contributed by atoms with Crippen LogP contribution in [0.5, 0.6) is 0 Å². The van der Waals surface area contributed by atoms with Crippen LogP contribution in [-0.4, -0.2) is 40.6 Å². The van der Waals surface area contributed by atoms with Crippen LogP contribution in [-0.2, 0) is 6.42 Å². The fourth-order valence-corrected chi connectivity index (χ4v) is 3.32. The zero-order valence-corrected chi connectivity index (χ0v) is 15.0. The molecule has 1 amide bonds. The first-order chi connectivity index (χ1) is 12.2. The number of piperidine rings is 1. The molecule has 1 aliphatic heterocycles. The maximum Gasteiger partial charge on any atom is 0.257 e. The number of amides is 1. The number of rotatable bonds is 6. The van der Waals surface area contributed by atoms with Gasteiger partial charge in [0.25, 0.3) is 5.91 Å². The number of carbonyl (C=O) groups excluding carboxylic acids is 1. The molecule has 0 unspecified atom stereocenters. The second-order valence-electron chi connectivity index (χ2n) is 6.59. The van der Waals surface area contributed by atoms with E-state index in [1.165, 1.54) is 12.0 Å². The van der Waals surface area contributed by atoms with Gasteiger partial charge in [0.2, 0.25) is 0 Å². The molecule has 1 saturated heterocycles. The Kier molecular flexibility index (Phi) is 5.68. The lowest BCUT2D eigenvalue weighted by Gasteiger charge is -2.27. The minimum Gasteiger partial charge on any atom is -0.369 e. The minimum absolute atomic E-state index is 0.0843. The summed E-state index contributed by atoms with van der Waals surface area (Å²) in [4.78, 5) is 19.1. The van der Waals surface area contributed by atoms with E-state index in [4.69, 9.17) is 4.52 Å². The zero-order valence-electron chi connectivity index (χ0n) is 15.0. The first kappa shape index (κ1) is 17.5. The van der Waals surface area contributed by atoms with Crippen molar-refractivity contribution in [1.29, 1.82) is 0 Å². The van der Waals surface area contributed by atoms with Gasteiger partial charge in [0.05, 0.1) is 11.3 Å². The van der Waals surface area contributed by atoms with Gasteiger partial charge in [-0.1, -0.05) is 5.16 Å². The summed E-state index contributed by atoms with van der Waals surface area (Å²) < 4.78 is 5.20. The summed E-state index contributed by atoms with van der Waals surface area (Å²) in [5.41, 5.74) is 2.80. The number of aryl methyl sites for hydroxylation is 2. The van der Waals surface area contributed by atoms with Crippen molar-refractivity contribution in [2.75, 3.05) is 25.0 Å². The Morgan fingerprint density at radius 2 is 2.08 bits per heavy atom. The third-order valence-electron chi connectivity index (χ3n) is 4.76. The van der Waals surface area contributed by atoms with E-state index in [1.54, 1.807) is 6.20 Å². The second kappa shape index (κ2) is 8.14. The molecule has 1 fully saturated rings. The van der Waals surface area contributed by atoms with Gasteiger partial charge >= 0.3 is 0 Å². The van der Waals surface area contributed by atoms with E-state index in [-0.39, 0.29) is 5.91 Å². The molecule has 0 aromatic carbocycles. The van der Waals surface area contributed by atoms with Crippen molar-refractivity contribution >= 4 is 11.7 Å². The molecule has 134 valence electrons. The Bertz CT molecular complexity index is 700. The predicted molar refractivity (Wildman–Crippen MR) is 96.8 cm³/mol. The number of hydrogen-bond donors (Lipinski definition) is 1. The Morgan fingerprint density at radius 1 is 1.28 bits per heavy atom. The summed E-state index contributed by atoms with van der Waals surface area (Å²) in [6, 6.07) is 3.69. The maximum absolute atomic E-state index is 12.8. The molecule has 3 heterocycles. The Morgan fingerprint density at radius 3 is 2.80 bits per heavy atom. The van der Waals surface area contributed by atoms with Crippen molar-refractivity contribution in [3.63, 3.8) is 0 Å². The average Bonchev–Trinajstić information content (AvgIpc) is 2.97. The SMILES string of the molecule is Cc1noc(C)c1CCCNc1ncccc1C(=O)N1CCCCC1. The number of aromatic nitrogens is 2. The van der Waals surface area contributed by atoms with Crippen LogP contribution in [0.2, 0.25) is 0 Å². The lowest BCUT2D eigenvalue weighted by Crippen LogP contribution is -2.36. The summed E-state index contributed by atoms with van der Waals surface area (Å²) in [5.74, 6) is 1.65. The molecule has 2 aromatic heterocycles. The van der Waals surface area contributed by atoms with Gasteiger partial charge in [0.15, 0.2) is 0 Å². The van der Waals surface area contributed by atoms with Gasteiger partial charge in [-0.15, -0.1) is 0 Å². The lowest BCUT2D eigenvalue weighted by atomic mass is 10.1. The number of carbonyl (C=O) groups is 1.